The number of carboxylic acid groups (broad SMARTS) is 8. The van der Waals surface area contributed by atoms with Crippen LogP contribution in [0.2, 0.25) is 0 Å². The second-order valence-corrected chi connectivity index (χ2v) is 53.3. The van der Waals surface area contributed by atoms with Gasteiger partial charge in [0.15, 0.2) is 0 Å². The molecule has 0 aromatic heterocycles. The lowest BCUT2D eigenvalue weighted by molar-refractivity contribution is -0.220. The zero-order chi connectivity index (χ0) is 110. The Labute approximate surface area is 859 Å². The van der Waals surface area contributed by atoms with Crippen LogP contribution in [-0.4, -0.2) is 177 Å². The number of carbonyl (C=O) groups is 16. The Morgan fingerprint density at radius 1 is 0.278 bits per heavy atom. The molecule has 32 nitrogen and oxygen atoms in total. The van der Waals surface area contributed by atoms with Gasteiger partial charge in [-0.3, -0.25) is 76.7 Å². The van der Waals surface area contributed by atoms with Crippen LogP contribution in [0.4, 0.5) is 0 Å². The average Bonchev–Trinajstić information content (AvgIpc) is 0.728. The van der Waals surface area contributed by atoms with Gasteiger partial charge in [-0.25, -0.2) is 0 Å². The highest BCUT2D eigenvalue weighted by Gasteiger charge is 2.66. The molecule has 2 heterocycles. The van der Waals surface area contributed by atoms with E-state index in [4.69, 9.17) is 48.8 Å². The summed E-state index contributed by atoms with van der Waals surface area (Å²) in [7, 11) is 0. The zero-order valence-corrected chi connectivity index (χ0v) is 92.5. The van der Waals surface area contributed by atoms with E-state index in [1.165, 1.54) is 207 Å². The largest absolute Gasteiger partial charge is 1.00 e. The molecule has 2 aliphatic heterocycles. The maximum atomic E-state index is 13.5. The lowest BCUT2D eigenvalue weighted by atomic mass is 9.50. The molecule has 0 amide bonds. The standard InChI is InChI=1S/C25H38O6.2C19H30O4.C16H26O7.C11H16.2C8H14O4.C6H8O2.H2O/c1-22(2,20(27)30-24(5)7-8-29-19(26)14-24)23(3,4)21(28)31-25(6)17-10-15-9-16(12-17)13-18(25)11-15;2*1-17(2,15(20)21)18(3,4)16(22)23-19(5)13-7-11-6-12(9-13)10-14(19)8-11;1-13(2,9(17)18)15(5,6)11(21)23-12(22)16(7,8)14(3,4)10(19)20;1-7-10-3-8-2-9(5-10)6-11(7)4-8;2*1-7(2,5(9)10)8(3,4)6(11)12;1-5-2-3-8-6(7)4-5;/h15-18H,7-14H2,1-6H3;2*11-14H,6-10H2,1-5H3,(H,20,21);1-8H3,(H,17,18)(H,19,20);8-11H,1-6H2;2*1-4H3,(H,9,10)(H,11,12);1-4H2;1H2/p+4. The van der Waals surface area contributed by atoms with Crippen molar-refractivity contribution in [1.82, 2.24) is 0 Å². The van der Waals surface area contributed by atoms with Crippen molar-refractivity contribution in [3.05, 3.63) is 24.3 Å². The highest BCUT2D eigenvalue weighted by Crippen LogP contribution is 2.65. The number of hydrogen-bond donors (Lipinski definition) is 8. The molecule has 18 aliphatic rings. The molecule has 1 atom stereocenters. The number of carboxylic acids is 8. The van der Waals surface area contributed by atoms with E-state index in [9.17, 15) is 97.1 Å². The highest BCUT2D eigenvalue weighted by molar-refractivity contribution is 5.97. The summed E-state index contributed by atoms with van der Waals surface area (Å²) in [6, 6.07) is 0. The van der Waals surface area contributed by atoms with Crippen LogP contribution >= 0.6 is 0 Å². The van der Waals surface area contributed by atoms with E-state index < -0.39 is 164 Å². The third-order valence-corrected chi connectivity index (χ3v) is 40.7. The molecule has 18 rings (SSSR count). The molecule has 16 aliphatic carbocycles. The summed E-state index contributed by atoms with van der Waals surface area (Å²) in [5.41, 5.74) is -17.2. The van der Waals surface area contributed by atoms with Crippen LogP contribution < -0.4 is 0 Å². The highest BCUT2D eigenvalue weighted by atomic mass is 16.6. The molecule has 32 heteroatoms. The van der Waals surface area contributed by atoms with Gasteiger partial charge < -0.3 is 79.5 Å². The number of rotatable bonds is 25. The number of carbonyl (C=O) groups excluding carboxylic acids is 8. The second kappa shape index (κ2) is 43.4. The summed E-state index contributed by atoms with van der Waals surface area (Å²) in [6.45, 7) is 59.1. The third kappa shape index (κ3) is 24.5. The Kier molecular flexibility index (Phi) is 37.3. The third-order valence-electron chi connectivity index (χ3n) is 40.7. The van der Waals surface area contributed by atoms with Gasteiger partial charge in [-0.1, -0.05) is 24.3 Å². The van der Waals surface area contributed by atoms with Crippen LogP contribution in [0.1, 0.15) is 381 Å². The van der Waals surface area contributed by atoms with E-state index in [-0.39, 0.29) is 54.1 Å². The topological polar surface area (TPSA) is 531 Å². The molecular formula is C112H182O32+4. The smallest absolute Gasteiger partial charge is 0.481 e. The summed E-state index contributed by atoms with van der Waals surface area (Å²) in [5.74, 6) is -1.25. The van der Waals surface area contributed by atoms with Gasteiger partial charge in [0.25, 0.3) is 0 Å². The summed E-state index contributed by atoms with van der Waals surface area (Å²) in [5, 5.41) is 72.5. The Bertz CT molecular complexity index is 4510. The predicted octanol–water partition coefficient (Wildman–Crippen LogP) is 20.4. The minimum Gasteiger partial charge on any atom is -0.481 e. The molecule has 144 heavy (non-hydrogen) atoms. The van der Waals surface area contributed by atoms with E-state index in [1.807, 2.05) is 0 Å². The van der Waals surface area contributed by atoms with E-state index >= 15 is 0 Å². The van der Waals surface area contributed by atoms with Crippen LogP contribution in [0.3, 0.4) is 0 Å². The van der Waals surface area contributed by atoms with Gasteiger partial charge in [-0.15, -0.1) is 0 Å². The molecular weight excluding hydrogens is 1860 g/mol. The van der Waals surface area contributed by atoms with E-state index in [2.05, 4.69) is 38.7 Å². The number of ether oxygens (including phenoxy) is 7. The zero-order valence-electron chi connectivity index (χ0n) is 96.5. The quantitative estimate of drug-likeness (QED) is 0.0182. The summed E-state index contributed by atoms with van der Waals surface area (Å²) in [6.07, 6.45) is 27.2. The lowest BCUT2D eigenvalue weighted by Crippen LogP contribution is -2.60. The molecule has 818 valence electrons. The minimum absolute atomic E-state index is 0. The molecule has 1 unspecified atom stereocenters. The SMILES string of the molecule is C=C1C2CC3CC(C2)CC1C3.C=C1CCOC(=O)C1.CC(C)(C(=O)O)C(C)(C)C(=O)O.CC(C)(C(=O)O)C(C)(C)C(=O)O.CC(C)(C(=O)O)C(C)(C)C(=O)OC(=O)C(C)(C)C(C)(C)C(=O)O.CC1(OC(=O)C(C)(C)C(C)(C)C(=O)O)C2CC3CC(C2)CC1C3.CC1(OC(=O)C(C)(C)C(C)(C)C(=O)O)C2CC3CC(C2)CC1C3.CC1(OC(=O)C(C)(C)C(C)(C)C(=O)OC2(C)C3CC4CC(C3)CC2C4)CCOC(=O)C1.O.[H+].[H+].[H+].[H+]. The minimum atomic E-state index is -1.49. The molecule has 2 saturated heterocycles. The van der Waals surface area contributed by atoms with Crippen molar-refractivity contribution in [1.29, 1.82) is 0 Å². The van der Waals surface area contributed by atoms with Crippen molar-refractivity contribution < 1.29 is 162 Å². The van der Waals surface area contributed by atoms with Gasteiger partial charge in [0.05, 0.1) is 102 Å². The molecule has 18 fully saturated rings. The number of cyclic esters (lactones) is 2. The Balaban J connectivity index is 0.000000586. The molecule has 16 bridgehead atoms. The Morgan fingerprint density at radius 2 is 0.465 bits per heavy atom. The monoisotopic (exact) mass is 2040 g/mol. The van der Waals surface area contributed by atoms with Gasteiger partial charge in [0, 0.05) is 12.8 Å². The predicted molar refractivity (Wildman–Crippen MR) is 538 cm³/mol. The summed E-state index contributed by atoms with van der Waals surface area (Å²) >= 11 is 0. The van der Waals surface area contributed by atoms with Crippen molar-refractivity contribution in [3.8, 4) is 0 Å². The fraction of sp³-hybridized carbons (Fsp3) is 0.821. The number of esters is 8. The van der Waals surface area contributed by atoms with E-state index in [0.717, 1.165) is 96.9 Å². The Morgan fingerprint density at radius 3 is 0.660 bits per heavy atom. The molecule has 0 aromatic carbocycles. The van der Waals surface area contributed by atoms with Gasteiger partial charge in [0.1, 0.15) is 22.4 Å². The summed E-state index contributed by atoms with van der Waals surface area (Å²) < 4.78 is 38.8. The number of hydrogen-bond acceptors (Lipinski definition) is 23. The van der Waals surface area contributed by atoms with E-state index in [0.29, 0.717) is 55.0 Å². The number of aliphatic carboxylic acids is 8. The molecule has 16 saturated carbocycles. The molecule has 0 aromatic rings. The molecule has 0 radical (unpaired) electrons. The van der Waals surface area contributed by atoms with Crippen molar-refractivity contribution in [3.63, 3.8) is 0 Å². The van der Waals surface area contributed by atoms with E-state index in [1.54, 1.807) is 102 Å². The lowest BCUT2D eigenvalue weighted by Gasteiger charge is -2.59. The fourth-order valence-electron chi connectivity index (χ4n) is 23.6. The van der Waals surface area contributed by atoms with Crippen molar-refractivity contribution in [2.75, 3.05) is 13.2 Å². The second-order valence-electron chi connectivity index (χ2n) is 53.3. The van der Waals surface area contributed by atoms with Crippen molar-refractivity contribution in [2.45, 2.75) is 398 Å². The molecule has 0 spiro atoms. The van der Waals surface area contributed by atoms with Crippen LogP contribution in [0.5, 0.6) is 0 Å². The normalized spacial score (nSPS) is 30.6. The van der Waals surface area contributed by atoms with Crippen LogP contribution in [-0.2, 0) is 110 Å². The average molecular weight is 2040 g/mol. The number of allylic oxidation sites excluding steroid dienone is 1. The molecule has 10 N–H and O–H groups in total. The summed E-state index contributed by atoms with van der Waals surface area (Å²) in [4.78, 5) is 188. The van der Waals surface area contributed by atoms with Crippen molar-refractivity contribution in [2.24, 2.45) is 170 Å². The fourth-order valence-corrected chi connectivity index (χ4v) is 23.6. The van der Waals surface area contributed by atoms with Crippen LogP contribution in [0.15, 0.2) is 24.3 Å². The first-order valence-corrected chi connectivity index (χ1v) is 51.8. The first-order chi connectivity index (χ1) is 64.6. The van der Waals surface area contributed by atoms with Crippen LogP contribution in [0, 0.1) is 170 Å². The van der Waals surface area contributed by atoms with Crippen LogP contribution in [0.25, 0.3) is 0 Å². The van der Waals surface area contributed by atoms with Crippen molar-refractivity contribution >= 4 is 95.5 Å². The van der Waals surface area contributed by atoms with Gasteiger partial charge >= 0.3 is 101 Å². The maximum absolute atomic E-state index is 13.5. The first-order valence-electron chi connectivity index (χ1n) is 51.8. The Hall–Kier alpha value is -8.84. The van der Waals surface area contributed by atoms with Gasteiger partial charge in [-0.2, -0.15) is 0 Å². The van der Waals surface area contributed by atoms with Gasteiger partial charge in [-0.05, 0) is 445 Å². The maximum Gasteiger partial charge on any atom is 1.00 e. The van der Waals surface area contributed by atoms with Gasteiger partial charge in [0.2, 0.25) is 0 Å². The first kappa shape index (κ1) is 124.